The van der Waals surface area contributed by atoms with Crippen LogP contribution in [0.3, 0.4) is 0 Å². The molecule has 1 N–H and O–H groups in total. The normalized spacial score (nSPS) is 23.6. The maximum Gasteiger partial charge on any atom is 0.309 e. The van der Waals surface area contributed by atoms with E-state index in [4.69, 9.17) is 0 Å². The Morgan fingerprint density at radius 2 is 2.42 bits per heavy atom. The van der Waals surface area contributed by atoms with Gasteiger partial charge in [0.05, 0.1) is 18.7 Å². The third-order valence-corrected chi connectivity index (χ3v) is 3.49. The predicted molar refractivity (Wildman–Crippen MR) is 64.3 cm³/mol. The van der Waals surface area contributed by atoms with Gasteiger partial charge in [-0.15, -0.1) is 0 Å². The van der Waals surface area contributed by atoms with E-state index in [0.717, 1.165) is 0 Å². The summed E-state index contributed by atoms with van der Waals surface area (Å²) in [5.41, 5.74) is 0.351. The molecule has 0 radical (unpaired) electrons. The number of carbonyl (C=O) groups excluding carboxylic acids is 3. The first-order chi connectivity index (χ1) is 9.10. The van der Waals surface area contributed by atoms with Gasteiger partial charge in [-0.1, -0.05) is 0 Å². The zero-order valence-corrected chi connectivity index (χ0v) is 10.5. The van der Waals surface area contributed by atoms with E-state index in [1.54, 1.807) is 18.3 Å². The quantitative estimate of drug-likeness (QED) is 0.635. The van der Waals surface area contributed by atoms with Gasteiger partial charge in [-0.3, -0.25) is 9.59 Å². The minimum absolute atomic E-state index is 0.0868. The number of hydrogen-bond donors (Lipinski definition) is 1. The number of esters is 1. The molecule has 6 heteroatoms. The van der Waals surface area contributed by atoms with Crippen molar-refractivity contribution in [2.45, 2.75) is 19.1 Å². The Kier molecular flexibility index (Phi) is 3.80. The van der Waals surface area contributed by atoms with Gasteiger partial charge in [0, 0.05) is 25.0 Å². The highest BCUT2D eigenvalue weighted by Crippen LogP contribution is 2.34. The van der Waals surface area contributed by atoms with Crippen molar-refractivity contribution in [3.63, 3.8) is 0 Å². The molecule has 6 nitrogen and oxygen atoms in total. The molecule has 1 unspecified atom stereocenters. The van der Waals surface area contributed by atoms with Gasteiger partial charge in [-0.2, -0.15) is 0 Å². The molecule has 102 valence electrons. The molecule has 0 saturated carbocycles. The lowest BCUT2D eigenvalue weighted by molar-refractivity contribution is -0.148. The molecule has 0 saturated heterocycles. The summed E-state index contributed by atoms with van der Waals surface area (Å²) in [6, 6.07) is 3.25. The van der Waals surface area contributed by atoms with E-state index in [2.05, 4.69) is 4.74 Å². The molecule has 0 aromatic carbocycles. The smallest absolute Gasteiger partial charge is 0.309 e. The molecule has 3 atom stereocenters. The van der Waals surface area contributed by atoms with E-state index < -0.39 is 24.0 Å². The number of rotatable bonds is 4. The first-order valence-electron chi connectivity index (χ1n) is 6.00. The van der Waals surface area contributed by atoms with E-state index in [-0.39, 0.29) is 18.6 Å². The number of aromatic nitrogens is 1. The Hall–Kier alpha value is -1.95. The molecule has 19 heavy (non-hydrogen) atoms. The van der Waals surface area contributed by atoms with Crippen molar-refractivity contribution in [2.24, 2.45) is 11.8 Å². The summed E-state index contributed by atoms with van der Waals surface area (Å²) in [6.45, 7) is 0. The number of aliphatic hydroxyl groups excluding tert-OH is 1. The van der Waals surface area contributed by atoms with Gasteiger partial charge in [0.2, 0.25) is 0 Å². The SMILES string of the molecule is COC(=O)[C@@H](CC=O)[C@H]1CC(O)n2cccc2C1=O. The van der Waals surface area contributed by atoms with Crippen molar-refractivity contribution in [1.29, 1.82) is 0 Å². The minimum atomic E-state index is -0.869. The Bertz CT molecular complexity index is 507. The summed E-state index contributed by atoms with van der Waals surface area (Å²) < 4.78 is 6.10. The second-order valence-corrected chi connectivity index (χ2v) is 4.52. The highest BCUT2D eigenvalue weighted by Gasteiger charge is 2.40. The first-order valence-corrected chi connectivity index (χ1v) is 6.00. The van der Waals surface area contributed by atoms with Crippen LogP contribution >= 0.6 is 0 Å². The maximum absolute atomic E-state index is 12.3. The molecule has 1 aromatic heterocycles. The molecule has 0 amide bonds. The van der Waals surface area contributed by atoms with Crippen LogP contribution in [0.25, 0.3) is 0 Å². The van der Waals surface area contributed by atoms with Gasteiger partial charge in [0.15, 0.2) is 5.78 Å². The van der Waals surface area contributed by atoms with Crippen molar-refractivity contribution in [3.8, 4) is 0 Å². The molecule has 1 aromatic rings. The van der Waals surface area contributed by atoms with Crippen LogP contribution in [0.4, 0.5) is 0 Å². The molecule has 0 spiro atoms. The average Bonchev–Trinajstić information content (AvgIpc) is 2.90. The summed E-state index contributed by atoms with van der Waals surface area (Å²) in [5, 5.41) is 9.98. The first kappa shape index (κ1) is 13.5. The number of methoxy groups -OCH3 is 1. The van der Waals surface area contributed by atoms with Gasteiger partial charge in [0.25, 0.3) is 0 Å². The van der Waals surface area contributed by atoms with E-state index in [0.29, 0.717) is 12.0 Å². The number of fused-ring (bicyclic) bond motifs is 1. The number of carbonyl (C=O) groups is 3. The number of aldehydes is 1. The van der Waals surface area contributed by atoms with E-state index in [1.165, 1.54) is 11.7 Å². The molecule has 2 heterocycles. The number of hydrogen-bond acceptors (Lipinski definition) is 5. The van der Waals surface area contributed by atoms with Crippen LogP contribution < -0.4 is 0 Å². The number of ketones is 1. The predicted octanol–water partition coefficient (Wildman–Crippen LogP) is 0.560. The molecule has 1 aliphatic rings. The van der Waals surface area contributed by atoms with Gasteiger partial charge in [-0.05, 0) is 12.1 Å². The fourth-order valence-corrected chi connectivity index (χ4v) is 2.53. The minimum Gasteiger partial charge on any atom is -0.469 e. The Labute approximate surface area is 110 Å². The van der Waals surface area contributed by atoms with Crippen LogP contribution in [0.2, 0.25) is 0 Å². The van der Waals surface area contributed by atoms with Crippen molar-refractivity contribution in [2.75, 3.05) is 7.11 Å². The lowest BCUT2D eigenvalue weighted by atomic mass is 9.80. The van der Waals surface area contributed by atoms with E-state index >= 15 is 0 Å². The molecule has 0 bridgehead atoms. The van der Waals surface area contributed by atoms with E-state index in [1.807, 2.05) is 0 Å². The molecular formula is C13H15NO5. The Balaban J connectivity index is 2.32. The third kappa shape index (κ3) is 2.31. The lowest BCUT2D eigenvalue weighted by Crippen LogP contribution is -2.38. The van der Waals surface area contributed by atoms with E-state index in [9.17, 15) is 19.5 Å². The maximum atomic E-state index is 12.3. The summed E-state index contributed by atoms with van der Waals surface area (Å²) in [4.78, 5) is 34.7. The standard InChI is InChI=1S/C13H15NO5/c1-19-13(18)8(4-6-15)9-7-11(16)14-5-2-3-10(14)12(9)17/h2-3,5-6,8-9,11,16H,4,7H2,1H3/t8-,9+,11?/m0/s1. The zero-order valence-electron chi connectivity index (χ0n) is 10.5. The second kappa shape index (κ2) is 5.36. The molecule has 0 aliphatic carbocycles. The second-order valence-electron chi connectivity index (χ2n) is 4.52. The van der Waals surface area contributed by atoms with Gasteiger partial charge in [-0.25, -0.2) is 0 Å². The van der Waals surface area contributed by atoms with Crippen LogP contribution in [0.5, 0.6) is 0 Å². The summed E-state index contributed by atoms with van der Waals surface area (Å²) in [5.74, 6) is -2.41. The monoisotopic (exact) mass is 265 g/mol. The van der Waals surface area contributed by atoms with Crippen molar-refractivity contribution in [3.05, 3.63) is 24.0 Å². The topological polar surface area (TPSA) is 85.6 Å². The fraction of sp³-hybridized carbons (Fsp3) is 0.462. The molecular weight excluding hydrogens is 250 g/mol. The number of ether oxygens (including phenoxy) is 1. The fourth-order valence-electron chi connectivity index (χ4n) is 2.53. The Morgan fingerprint density at radius 3 is 3.05 bits per heavy atom. The lowest BCUT2D eigenvalue weighted by Gasteiger charge is -2.31. The van der Waals surface area contributed by atoms with Crippen molar-refractivity contribution < 1.29 is 24.2 Å². The molecule has 2 rings (SSSR count). The average molecular weight is 265 g/mol. The molecule has 1 aliphatic heterocycles. The van der Waals surface area contributed by atoms with Crippen LogP contribution in [0.15, 0.2) is 18.3 Å². The van der Waals surface area contributed by atoms with Crippen molar-refractivity contribution in [1.82, 2.24) is 4.57 Å². The summed E-state index contributed by atoms with van der Waals surface area (Å²) >= 11 is 0. The summed E-state index contributed by atoms with van der Waals surface area (Å²) in [7, 11) is 1.21. The highest BCUT2D eigenvalue weighted by molar-refractivity contribution is 5.99. The summed E-state index contributed by atoms with van der Waals surface area (Å²) in [6.07, 6.45) is 1.35. The molecule has 0 fully saturated rings. The van der Waals surface area contributed by atoms with Crippen LogP contribution in [-0.2, 0) is 14.3 Å². The van der Waals surface area contributed by atoms with Crippen molar-refractivity contribution >= 4 is 18.0 Å². The van der Waals surface area contributed by atoms with Crippen LogP contribution in [0, 0.1) is 11.8 Å². The highest BCUT2D eigenvalue weighted by atomic mass is 16.5. The van der Waals surface area contributed by atoms with Gasteiger partial charge in [0.1, 0.15) is 12.5 Å². The van der Waals surface area contributed by atoms with Gasteiger partial charge < -0.3 is 19.2 Å². The van der Waals surface area contributed by atoms with Crippen LogP contribution in [-0.4, -0.2) is 34.8 Å². The van der Waals surface area contributed by atoms with Crippen LogP contribution in [0.1, 0.15) is 29.6 Å². The third-order valence-electron chi connectivity index (χ3n) is 3.49. The van der Waals surface area contributed by atoms with Gasteiger partial charge >= 0.3 is 5.97 Å². The zero-order chi connectivity index (χ0) is 14.0. The number of Topliss-reactive ketones (excluding diaryl/α,β-unsaturated/α-hetero) is 1. The largest absolute Gasteiger partial charge is 0.469 e. The number of nitrogens with zero attached hydrogens (tertiary/aromatic N) is 1. The number of aliphatic hydroxyl groups is 1. The Morgan fingerprint density at radius 1 is 1.68 bits per heavy atom.